The molecule has 12 nitrogen and oxygen atoms in total. The molecule has 52 heavy (non-hydrogen) atoms. The number of halogens is 1. The predicted molar refractivity (Wildman–Crippen MR) is 194 cm³/mol. The second-order valence-corrected chi connectivity index (χ2v) is 15.2. The number of nitrogens with one attached hydrogen (secondary N) is 2. The Balaban J connectivity index is 0.973. The highest BCUT2D eigenvalue weighted by Crippen LogP contribution is 2.48. The molecule has 0 unspecified atom stereocenters. The van der Waals surface area contributed by atoms with E-state index >= 15 is 0 Å². The van der Waals surface area contributed by atoms with Gasteiger partial charge in [-0.2, -0.15) is 0 Å². The third-order valence-electron chi connectivity index (χ3n) is 11.4. The van der Waals surface area contributed by atoms with Gasteiger partial charge >= 0.3 is 0 Å². The maximum Gasteiger partial charge on any atom is 0.237 e. The zero-order valence-electron chi connectivity index (χ0n) is 29.4. The lowest BCUT2D eigenvalue weighted by molar-refractivity contribution is -0.121. The van der Waals surface area contributed by atoms with E-state index in [1.54, 1.807) is 20.4 Å². The quantitative estimate of drug-likeness (QED) is 0.264. The molecular weight excluding hydrogens is 682 g/mol. The number of aromatic nitrogens is 3. The summed E-state index contributed by atoms with van der Waals surface area (Å²) in [7, 11) is 3.25. The van der Waals surface area contributed by atoms with Crippen molar-refractivity contribution in [1.82, 2.24) is 35.4 Å². The molecule has 268 valence electrons. The lowest BCUT2D eigenvalue weighted by atomic mass is 9.86. The fraction of sp³-hybridized carbons (Fsp3) is 0.410. The van der Waals surface area contributed by atoms with Crippen molar-refractivity contribution in [2.75, 3.05) is 47.0 Å². The van der Waals surface area contributed by atoms with Crippen LogP contribution < -0.4 is 24.8 Å². The van der Waals surface area contributed by atoms with Crippen LogP contribution in [0.1, 0.15) is 48.5 Å². The number of hydrogen-bond donors (Lipinski definition) is 2. The van der Waals surface area contributed by atoms with Gasteiger partial charge in [0.05, 0.1) is 59.5 Å². The van der Waals surface area contributed by atoms with Crippen LogP contribution in [0.4, 0.5) is 0 Å². The largest absolute Gasteiger partial charge is 0.491 e. The van der Waals surface area contributed by atoms with Crippen LogP contribution in [0.15, 0.2) is 48.7 Å². The summed E-state index contributed by atoms with van der Waals surface area (Å²) in [5.74, 6) is 2.00. The Hall–Kier alpha value is -4.78. The number of likely N-dealkylation sites (tertiary alicyclic amines) is 2. The molecule has 0 saturated carbocycles. The van der Waals surface area contributed by atoms with Gasteiger partial charge in [-0.3, -0.25) is 24.4 Å². The molecule has 0 bridgehead atoms. The summed E-state index contributed by atoms with van der Waals surface area (Å²) in [5.41, 5.74) is 7.37. The van der Waals surface area contributed by atoms with Crippen LogP contribution in [0.25, 0.3) is 33.6 Å². The molecule has 1 atom stereocenters. The average Bonchev–Trinajstić information content (AvgIpc) is 3.84. The first-order valence-electron chi connectivity index (χ1n) is 17.8. The van der Waals surface area contributed by atoms with E-state index in [1.807, 2.05) is 36.4 Å². The molecule has 4 aromatic rings. The van der Waals surface area contributed by atoms with Gasteiger partial charge in [0.15, 0.2) is 0 Å². The monoisotopic (exact) mass is 721 g/mol. The number of nitrogens with zero attached hydrogens (tertiary/aromatic N) is 5. The first kappa shape index (κ1) is 33.1. The summed E-state index contributed by atoms with van der Waals surface area (Å²) in [5, 5.41) is 6.86. The second-order valence-electron chi connectivity index (χ2n) is 14.8. The third-order valence-corrected chi connectivity index (χ3v) is 11.8. The first-order valence-corrected chi connectivity index (χ1v) is 18.1. The summed E-state index contributed by atoms with van der Waals surface area (Å²) in [6.07, 6.45) is 4.72. The van der Waals surface area contributed by atoms with Crippen molar-refractivity contribution >= 4 is 23.4 Å². The van der Waals surface area contributed by atoms with E-state index in [1.165, 1.54) is 0 Å². The molecule has 2 aromatic carbocycles. The number of amides is 2. The standard InChI is InChI=1S/C39H40ClN7O5/c1-22-23(6-4-7-24(22)28-15-41-29(36(43-28)50-2)16-46-18-38(19-46)12-10-32(48)44-38)25-8-5-9-26(35(25)40)27-14-31-34(37(42-27)51-3)30(17-52-31)47-20-39(21-47)13-11-33(49)45-39/h4-9,14-15,30H,10-13,16-21H2,1-3H3,(H,44,48)(H,45,49)/t30-/m0/s1. The minimum Gasteiger partial charge on any atom is -0.491 e. The zero-order valence-corrected chi connectivity index (χ0v) is 30.2. The fourth-order valence-corrected chi connectivity index (χ4v) is 9.14. The van der Waals surface area contributed by atoms with Crippen molar-refractivity contribution in [3.8, 4) is 51.2 Å². The van der Waals surface area contributed by atoms with E-state index in [-0.39, 0.29) is 28.9 Å². The normalized spacial score (nSPS) is 21.3. The molecule has 7 heterocycles. The molecule has 4 fully saturated rings. The van der Waals surface area contributed by atoms with Gasteiger partial charge in [0, 0.05) is 68.3 Å². The van der Waals surface area contributed by atoms with Crippen molar-refractivity contribution in [2.45, 2.75) is 56.3 Å². The summed E-state index contributed by atoms with van der Waals surface area (Å²) in [6, 6.07) is 14.0. The van der Waals surface area contributed by atoms with Crippen molar-refractivity contribution in [3.05, 3.63) is 70.5 Å². The number of benzene rings is 2. The highest BCUT2D eigenvalue weighted by molar-refractivity contribution is 6.36. The van der Waals surface area contributed by atoms with E-state index in [9.17, 15) is 9.59 Å². The van der Waals surface area contributed by atoms with Gasteiger partial charge in [0.25, 0.3) is 0 Å². The fourth-order valence-electron chi connectivity index (χ4n) is 8.82. The van der Waals surface area contributed by atoms with Crippen LogP contribution in [-0.4, -0.2) is 94.6 Å². The molecule has 5 aliphatic heterocycles. The van der Waals surface area contributed by atoms with Crippen molar-refractivity contribution in [1.29, 1.82) is 0 Å². The highest BCUT2D eigenvalue weighted by Gasteiger charge is 2.52. The number of carbonyl (C=O) groups excluding carboxylic acids is 2. The van der Waals surface area contributed by atoms with Crippen LogP contribution in [0.2, 0.25) is 5.02 Å². The van der Waals surface area contributed by atoms with Crippen LogP contribution in [0.3, 0.4) is 0 Å². The lowest BCUT2D eigenvalue weighted by Gasteiger charge is -2.50. The molecule has 4 saturated heterocycles. The molecular formula is C39H40ClN7O5. The Bertz CT molecular complexity index is 2130. The molecule has 2 aromatic heterocycles. The summed E-state index contributed by atoms with van der Waals surface area (Å²) in [6.45, 7) is 6.32. The number of carbonyl (C=O) groups is 2. The Morgan fingerprint density at radius 3 is 2.17 bits per heavy atom. The van der Waals surface area contributed by atoms with E-state index in [4.69, 9.17) is 40.8 Å². The first-order chi connectivity index (χ1) is 25.2. The van der Waals surface area contributed by atoms with Crippen LogP contribution in [0.5, 0.6) is 17.5 Å². The number of hydrogen-bond acceptors (Lipinski definition) is 10. The molecule has 9 rings (SSSR count). The van der Waals surface area contributed by atoms with E-state index in [2.05, 4.69) is 33.4 Å². The van der Waals surface area contributed by atoms with E-state index < -0.39 is 0 Å². The molecule has 0 radical (unpaired) electrons. The smallest absolute Gasteiger partial charge is 0.237 e. The van der Waals surface area contributed by atoms with Gasteiger partial charge in [0.2, 0.25) is 23.6 Å². The molecule has 2 amide bonds. The van der Waals surface area contributed by atoms with Gasteiger partial charge in [-0.25, -0.2) is 9.97 Å². The summed E-state index contributed by atoms with van der Waals surface area (Å²) in [4.78, 5) is 42.9. The SMILES string of the molecule is COc1nc(-c2cccc(-c3cccc(-c4cc5c(c(OC)n4)[C@@H](N4CC6(CCC(=O)N6)C4)CO5)c3Cl)c2C)cnc1CN1CC2(CCC(=O)N2)C1. The van der Waals surface area contributed by atoms with Gasteiger partial charge in [-0.1, -0.05) is 48.0 Å². The highest BCUT2D eigenvalue weighted by atomic mass is 35.5. The van der Waals surface area contributed by atoms with Gasteiger partial charge in [-0.15, -0.1) is 0 Å². The van der Waals surface area contributed by atoms with Crippen LogP contribution in [0, 0.1) is 6.92 Å². The van der Waals surface area contributed by atoms with Crippen LogP contribution in [-0.2, 0) is 16.1 Å². The van der Waals surface area contributed by atoms with E-state index in [0.29, 0.717) is 54.2 Å². The summed E-state index contributed by atoms with van der Waals surface area (Å²) >= 11 is 7.24. The van der Waals surface area contributed by atoms with Crippen LogP contribution >= 0.6 is 11.6 Å². The molecule has 0 aliphatic carbocycles. The Labute approximate surface area is 306 Å². The average molecular weight is 722 g/mol. The number of fused-ring (bicyclic) bond motifs is 1. The van der Waals surface area contributed by atoms with Crippen molar-refractivity contribution < 1.29 is 23.8 Å². The van der Waals surface area contributed by atoms with E-state index in [0.717, 1.165) is 83.8 Å². The Kier molecular flexibility index (Phi) is 7.90. The maximum absolute atomic E-state index is 11.9. The van der Waals surface area contributed by atoms with Gasteiger partial charge in [-0.05, 0) is 30.9 Å². The summed E-state index contributed by atoms with van der Waals surface area (Å²) < 4.78 is 17.8. The van der Waals surface area contributed by atoms with Crippen molar-refractivity contribution in [2.24, 2.45) is 0 Å². The lowest BCUT2D eigenvalue weighted by Crippen LogP contribution is -2.67. The Morgan fingerprint density at radius 1 is 0.865 bits per heavy atom. The molecule has 13 heteroatoms. The minimum absolute atomic E-state index is 0.00149. The third kappa shape index (κ3) is 5.46. The molecule has 2 spiro atoms. The number of pyridine rings is 1. The second kappa shape index (κ2) is 12.4. The van der Waals surface area contributed by atoms with Gasteiger partial charge in [0.1, 0.15) is 18.1 Å². The number of ether oxygens (including phenoxy) is 3. The minimum atomic E-state index is -0.124. The number of rotatable bonds is 8. The predicted octanol–water partition coefficient (Wildman–Crippen LogP) is 4.71. The van der Waals surface area contributed by atoms with Gasteiger partial charge < -0.3 is 24.8 Å². The van der Waals surface area contributed by atoms with Crippen molar-refractivity contribution in [3.63, 3.8) is 0 Å². The maximum atomic E-state index is 11.9. The molecule has 5 aliphatic rings. The Morgan fingerprint density at radius 2 is 1.50 bits per heavy atom. The topological polar surface area (TPSA) is 131 Å². The number of methoxy groups -OCH3 is 2. The molecule has 2 N–H and O–H groups in total. The zero-order chi connectivity index (χ0) is 35.8.